The van der Waals surface area contributed by atoms with Crippen molar-refractivity contribution in [3.05, 3.63) is 23.9 Å². The average molecular weight is 269 g/mol. The number of aryl methyl sites for hydroxylation is 1. The van der Waals surface area contributed by atoms with E-state index in [0.29, 0.717) is 12.2 Å². The number of carbonyl (C=O) groups is 1. The molecule has 0 aliphatic carbocycles. The van der Waals surface area contributed by atoms with Crippen molar-refractivity contribution in [2.75, 3.05) is 16.8 Å². The summed E-state index contributed by atoms with van der Waals surface area (Å²) >= 11 is 0. The van der Waals surface area contributed by atoms with Gasteiger partial charge in [-0.2, -0.15) is 0 Å². The molecule has 1 aromatic heterocycles. The predicted molar refractivity (Wildman–Crippen MR) is 68.2 cm³/mol. The van der Waals surface area contributed by atoms with Crippen LogP contribution in [0.1, 0.15) is 12.0 Å². The Morgan fingerprint density at radius 3 is 2.89 bits per heavy atom. The molecule has 0 spiro atoms. The van der Waals surface area contributed by atoms with Gasteiger partial charge in [-0.1, -0.05) is 6.07 Å². The van der Waals surface area contributed by atoms with Crippen molar-refractivity contribution in [3.63, 3.8) is 0 Å². The third-order valence-corrected chi connectivity index (χ3v) is 4.58. The second-order valence-electron chi connectivity index (χ2n) is 4.37. The van der Waals surface area contributed by atoms with Gasteiger partial charge < -0.3 is 5.32 Å². The van der Waals surface area contributed by atoms with Crippen molar-refractivity contribution >= 4 is 21.7 Å². The van der Waals surface area contributed by atoms with E-state index in [-0.39, 0.29) is 17.5 Å². The molecule has 0 unspecified atom stereocenters. The number of aromatic nitrogens is 1. The Morgan fingerprint density at radius 2 is 2.28 bits per heavy atom. The lowest BCUT2D eigenvalue weighted by Crippen LogP contribution is -2.38. The summed E-state index contributed by atoms with van der Waals surface area (Å²) in [6.45, 7) is 1.84. The minimum Gasteiger partial charge on any atom is -0.334 e. The second-order valence-corrected chi connectivity index (χ2v) is 6.60. The van der Waals surface area contributed by atoms with Crippen LogP contribution in [0.15, 0.2) is 18.3 Å². The van der Waals surface area contributed by atoms with Crippen LogP contribution in [0, 0.1) is 6.92 Å². The maximum absolute atomic E-state index is 11.7. The second kappa shape index (κ2) is 4.93. The number of sulfone groups is 1. The highest BCUT2D eigenvalue weighted by molar-refractivity contribution is 7.91. The molecule has 0 saturated carbocycles. The van der Waals surface area contributed by atoms with E-state index >= 15 is 0 Å². The summed E-state index contributed by atoms with van der Waals surface area (Å²) in [6.07, 6.45) is 2.06. The van der Waals surface area contributed by atoms with E-state index in [1.54, 1.807) is 12.3 Å². The Hall–Kier alpha value is -1.63. The molecule has 1 saturated heterocycles. The van der Waals surface area contributed by atoms with Crippen molar-refractivity contribution in [2.45, 2.75) is 19.4 Å². The first-order valence-electron chi connectivity index (χ1n) is 5.66. The maximum Gasteiger partial charge on any atom is 0.320 e. The molecule has 1 aromatic rings. The molecule has 0 radical (unpaired) electrons. The van der Waals surface area contributed by atoms with Crippen LogP contribution >= 0.6 is 0 Å². The van der Waals surface area contributed by atoms with E-state index in [9.17, 15) is 13.2 Å². The number of nitrogens with one attached hydrogen (secondary N) is 2. The van der Waals surface area contributed by atoms with Gasteiger partial charge in [0, 0.05) is 12.2 Å². The van der Waals surface area contributed by atoms with Crippen molar-refractivity contribution in [1.82, 2.24) is 10.3 Å². The van der Waals surface area contributed by atoms with Gasteiger partial charge in [-0.3, -0.25) is 5.32 Å². The number of hydrogen-bond acceptors (Lipinski definition) is 4. The Labute approximate surface area is 106 Å². The van der Waals surface area contributed by atoms with Gasteiger partial charge in [0.2, 0.25) is 0 Å². The minimum absolute atomic E-state index is 0.0155. The van der Waals surface area contributed by atoms with Gasteiger partial charge in [0.05, 0.1) is 11.5 Å². The molecule has 18 heavy (non-hydrogen) atoms. The predicted octanol–water partition coefficient (Wildman–Crippen LogP) is 0.699. The number of anilines is 1. The molecular weight excluding hydrogens is 254 g/mol. The molecule has 98 valence electrons. The van der Waals surface area contributed by atoms with Crippen molar-refractivity contribution in [2.24, 2.45) is 0 Å². The minimum atomic E-state index is -2.98. The number of carbonyl (C=O) groups excluding carboxylic acids is 1. The summed E-state index contributed by atoms with van der Waals surface area (Å²) in [4.78, 5) is 15.7. The first-order chi connectivity index (χ1) is 8.46. The van der Waals surface area contributed by atoms with E-state index in [1.165, 1.54) is 0 Å². The summed E-state index contributed by atoms with van der Waals surface area (Å²) < 4.78 is 22.5. The Bertz CT molecular complexity index is 556. The molecule has 1 aliphatic rings. The molecule has 2 heterocycles. The summed E-state index contributed by atoms with van der Waals surface area (Å²) in [7, 11) is -2.98. The van der Waals surface area contributed by atoms with Crippen LogP contribution in [-0.2, 0) is 9.84 Å². The molecule has 6 nitrogen and oxygen atoms in total. The van der Waals surface area contributed by atoms with Gasteiger partial charge in [0.1, 0.15) is 5.82 Å². The monoisotopic (exact) mass is 269 g/mol. The van der Waals surface area contributed by atoms with E-state index in [0.717, 1.165) is 5.56 Å². The number of amides is 2. The van der Waals surface area contributed by atoms with Crippen LogP contribution in [0.25, 0.3) is 0 Å². The van der Waals surface area contributed by atoms with Gasteiger partial charge in [-0.25, -0.2) is 18.2 Å². The highest BCUT2D eigenvalue weighted by Gasteiger charge is 2.28. The van der Waals surface area contributed by atoms with Crippen LogP contribution < -0.4 is 10.6 Å². The summed E-state index contributed by atoms with van der Waals surface area (Å²) in [5.41, 5.74) is 0.853. The van der Waals surface area contributed by atoms with Gasteiger partial charge in [0.15, 0.2) is 9.84 Å². The molecule has 7 heteroatoms. The molecule has 0 bridgehead atoms. The molecule has 0 aromatic carbocycles. The fraction of sp³-hybridized carbons (Fsp3) is 0.455. The first kappa shape index (κ1) is 12.8. The number of rotatable bonds is 2. The lowest BCUT2D eigenvalue weighted by molar-refractivity contribution is 0.249. The summed E-state index contributed by atoms with van der Waals surface area (Å²) in [5, 5.41) is 5.25. The van der Waals surface area contributed by atoms with Crippen molar-refractivity contribution in [1.29, 1.82) is 0 Å². The topological polar surface area (TPSA) is 88.2 Å². The molecule has 2 N–H and O–H groups in total. The summed E-state index contributed by atoms with van der Waals surface area (Å²) in [6, 6.07) is 2.89. The fourth-order valence-electron chi connectivity index (χ4n) is 1.85. The average Bonchev–Trinajstić information content (AvgIpc) is 2.61. The molecule has 2 amide bonds. The smallest absolute Gasteiger partial charge is 0.320 e. The van der Waals surface area contributed by atoms with Crippen LogP contribution in [0.5, 0.6) is 0 Å². The Kier molecular flexibility index (Phi) is 3.51. The number of nitrogens with zero attached hydrogens (tertiary/aromatic N) is 1. The largest absolute Gasteiger partial charge is 0.334 e. The standard InChI is InChI=1S/C11H15N3O3S/c1-8-3-2-5-12-10(8)14-11(15)13-9-4-6-18(16,17)7-9/h2-3,5,9H,4,6-7H2,1H3,(H2,12,13,14,15)/t9-/m1/s1. The maximum atomic E-state index is 11.7. The molecule has 1 fully saturated rings. The van der Waals surface area contributed by atoms with E-state index in [1.807, 2.05) is 13.0 Å². The highest BCUT2D eigenvalue weighted by Crippen LogP contribution is 2.12. The lowest BCUT2D eigenvalue weighted by atomic mass is 10.3. The normalized spacial score (nSPS) is 21.5. The van der Waals surface area contributed by atoms with Crippen molar-refractivity contribution < 1.29 is 13.2 Å². The molecule has 2 rings (SSSR count). The molecule has 1 aliphatic heterocycles. The van der Waals surface area contributed by atoms with Crippen LogP contribution in [-0.4, -0.2) is 37.0 Å². The number of pyridine rings is 1. The zero-order chi connectivity index (χ0) is 13.2. The third kappa shape index (κ3) is 3.19. The van der Waals surface area contributed by atoms with Crippen LogP contribution in [0.4, 0.5) is 10.6 Å². The Balaban J connectivity index is 1.92. The van der Waals surface area contributed by atoms with Crippen LogP contribution in [0.3, 0.4) is 0 Å². The summed E-state index contributed by atoms with van der Waals surface area (Å²) in [5.74, 6) is 0.637. The van der Waals surface area contributed by atoms with Crippen LogP contribution in [0.2, 0.25) is 0 Å². The SMILES string of the molecule is Cc1cccnc1NC(=O)N[C@@H]1CCS(=O)(=O)C1. The third-order valence-electron chi connectivity index (χ3n) is 2.81. The fourth-order valence-corrected chi connectivity index (χ4v) is 3.53. The van der Waals surface area contributed by atoms with Gasteiger partial charge in [-0.05, 0) is 25.0 Å². The molecule has 1 atom stereocenters. The van der Waals surface area contributed by atoms with E-state index < -0.39 is 15.9 Å². The zero-order valence-electron chi connectivity index (χ0n) is 10.0. The van der Waals surface area contributed by atoms with Crippen molar-refractivity contribution in [3.8, 4) is 0 Å². The first-order valence-corrected chi connectivity index (χ1v) is 7.48. The van der Waals surface area contributed by atoms with Gasteiger partial charge in [0.25, 0.3) is 0 Å². The number of urea groups is 1. The molecular formula is C11H15N3O3S. The Morgan fingerprint density at radius 1 is 1.50 bits per heavy atom. The quantitative estimate of drug-likeness (QED) is 0.827. The zero-order valence-corrected chi connectivity index (χ0v) is 10.8. The van der Waals surface area contributed by atoms with Gasteiger partial charge >= 0.3 is 6.03 Å². The van der Waals surface area contributed by atoms with E-state index in [4.69, 9.17) is 0 Å². The highest BCUT2D eigenvalue weighted by atomic mass is 32.2. The number of hydrogen-bond donors (Lipinski definition) is 2. The lowest BCUT2D eigenvalue weighted by Gasteiger charge is -2.12. The van der Waals surface area contributed by atoms with Gasteiger partial charge in [-0.15, -0.1) is 0 Å². The van der Waals surface area contributed by atoms with E-state index in [2.05, 4.69) is 15.6 Å².